The molecule has 1 heterocycles. The second-order valence-electron chi connectivity index (χ2n) is 8.28. The van der Waals surface area contributed by atoms with Crippen LogP contribution in [-0.4, -0.2) is 41.8 Å². The largest absolute Gasteiger partial charge is 0.481 e. The van der Waals surface area contributed by atoms with Crippen LogP contribution >= 0.6 is 0 Å². The van der Waals surface area contributed by atoms with Gasteiger partial charge in [-0.15, -0.1) is 0 Å². The summed E-state index contributed by atoms with van der Waals surface area (Å²) < 4.78 is 20.0. The van der Waals surface area contributed by atoms with Gasteiger partial charge >= 0.3 is 12.1 Å². The van der Waals surface area contributed by atoms with Gasteiger partial charge in [-0.2, -0.15) is 0 Å². The molecule has 2 atom stereocenters. The van der Waals surface area contributed by atoms with Crippen molar-refractivity contribution in [1.82, 2.24) is 4.90 Å². The first-order valence-electron chi connectivity index (χ1n) is 10.6. The average Bonchev–Trinajstić information content (AvgIpc) is 3.38. The summed E-state index contributed by atoms with van der Waals surface area (Å²) in [5, 5.41) is 9.66. The Labute approximate surface area is 185 Å². The van der Waals surface area contributed by atoms with Gasteiger partial charge in [-0.1, -0.05) is 66.7 Å². The number of carbonyl (C=O) groups excluding carboxylic acids is 1. The van der Waals surface area contributed by atoms with Crippen molar-refractivity contribution in [2.24, 2.45) is 5.92 Å². The van der Waals surface area contributed by atoms with Gasteiger partial charge in [0.15, 0.2) is 0 Å². The fourth-order valence-electron chi connectivity index (χ4n) is 4.98. The molecule has 0 bridgehead atoms. The highest BCUT2D eigenvalue weighted by atomic mass is 19.1. The van der Waals surface area contributed by atoms with Crippen LogP contribution in [0.3, 0.4) is 0 Å². The van der Waals surface area contributed by atoms with Crippen molar-refractivity contribution in [3.63, 3.8) is 0 Å². The number of nitrogens with zero attached hydrogens (tertiary/aromatic N) is 1. The first kappa shape index (κ1) is 20.2. The van der Waals surface area contributed by atoms with Crippen LogP contribution in [0.25, 0.3) is 11.1 Å². The zero-order chi connectivity index (χ0) is 22.2. The maximum Gasteiger partial charge on any atom is 0.409 e. The Morgan fingerprint density at radius 2 is 1.44 bits per heavy atom. The van der Waals surface area contributed by atoms with E-state index in [0.29, 0.717) is 5.56 Å². The number of halogens is 1. The van der Waals surface area contributed by atoms with Gasteiger partial charge in [-0.25, -0.2) is 9.18 Å². The smallest absolute Gasteiger partial charge is 0.409 e. The van der Waals surface area contributed by atoms with Crippen LogP contribution < -0.4 is 0 Å². The average molecular weight is 431 g/mol. The lowest BCUT2D eigenvalue weighted by molar-refractivity contribution is -0.141. The Morgan fingerprint density at radius 3 is 2.03 bits per heavy atom. The number of aliphatic carboxylic acids is 1. The number of carboxylic acids is 1. The molecule has 5 nitrogen and oxygen atoms in total. The van der Waals surface area contributed by atoms with Crippen molar-refractivity contribution in [3.8, 4) is 11.1 Å². The summed E-state index contributed by atoms with van der Waals surface area (Å²) in [6, 6.07) is 22.2. The van der Waals surface area contributed by atoms with E-state index in [1.54, 1.807) is 18.2 Å². The van der Waals surface area contributed by atoms with Gasteiger partial charge in [0, 0.05) is 24.9 Å². The van der Waals surface area contributed by atoms with E-state index in [4.69, 9.17) is 4.74 Å². The minimum absolute atomic E-state index is 0.00892. The Balaban J connectivity index is 1.33. The number of ether oxygens (including phenoxy) is 1. The summed E-state index contributed by atoms with van der Waals surface area (Å²) in [7, 11) is 0. The number of hydrogen-bond donors (Lipinski definition) is 1. The molecule has 1 aliphatic heterocycles. The number of fused-ring (bicyclic) bond motifs is 3. The van der Waals surface area contributed by atoms with Crippen molar-refractivity contribution in [2.75, 3.05) is 19.7 Å². The molecule has 2 unspecified atom stereocenters. The standard InChI is InChI=1S/C26H22FNO4/c27-24-12-6-5-11-20(24)21-13-28(14-22(21)25(29)30)26(31)32-15-23-18-9-3-1-7-16(18)17-8-2-4-10-19(17)23/h1-12,21-23H,13-15H2,(H,29,30). The van der Waals surface area contributed by atoms with Crippen LogP contribution in [0.4, 0.5) is 9.18 Å². The highest BCUT2D eigenvalue weighted by Crippen LogP contribution is 2.44. The van der Waals surface area contributed by atoms with Gasteiger partial charge in [-0.05, 0) is 33.9 Å². The van der Waals surface area contributed by atoms with E-state index in [1.807, 2.05) is 36.4 Å². The SMILES string of the molecule is O=C(O)C1CN(C(=O)OCC2c3ccccc3-c3ccccc32)CC1c1ccccc1F. The number of hydrogen-bond acceptors (Lipinski definition) is 3. The summed E-state index contributed by atoms with van der Waals surface area (Å²) in [4.78, 5) is 26.1. The molecule has 0 spiro atoms. The van der Waals surface area contributed by atoms with Crippen LogP contribution in [-0.2, 0) is 9.53 Å². The Kier molecular flexibility index (Phi) is 5.13. The maximum atomic E-state index is 14.3. The van der Waals surface area contributed by atoms with E-state index in [-0.39, 0.29) is 25.6 Å². The first-order chi connectivity index (χ1) is 15.5. The molecule has 32 heavy (non-hydrogen) atoms. The van der Waals surface area contributed by atoms with E-state index in [1.165, 1.54) is 11.0 Å². The highest BCUT2D eigenvalue weighted by Gasteiger charge is 2.42. The lowest BCUT2D eigenvalue weighted by Crippen LogP contribution is -2.31. The molecule has 6 heteroatoms. The quantitative estimate of drug-likeness (QED) is 0.640. The molecular formula is C26H22FNO4. The summed E-state index contributed by atoms with van der Waals surface area (Å²) in [5.41, 5.74) is 4.80. The predicted molar refractivity (Wildman–Crippen MR) is 117 cm³/mol. The molecule has 3 aromatic carbocycles. The molecule has 162 valence electrons. The third-order valence-electron chi connectivity index (χ3n) is 6.54. The van der Waals surface area contributed by atoms with Crippen molar-refractivity contribution in [1.29, 1.82) is 0 Å². The van der Waals surface area contributed by atoms with Gasteiger partial charge in [0.05, 0.1) is 5.92 Å². The molecule has 1 aliphatic carbocycles. The fourth-order valence-corrected chi connectivity index (χ4v) is 4.98. The molecular weight excluding hydrogens is 409 g/mol. The molecule has 1 N–H and O–H groups in total. The minimum Gasteiger partial charge on any atom is -0.481 e. The van der Waals surface area contributed by atoms with Crippen LogP contribution in [0.5, 0.6) is 0 Å². The first-order valence-corrected chi connectivity index (χ1v) is 10.6. The van der Waals surface area contributed by atoms with Crippen molar-refractivity contribution in [2.45, 2.75) is 11.8 Å². The number of rotatable bonds is 4. The molecule has 1 saturated heterocycles. The van der Waals surface area contributed by atoms with E-state index in [2.05, 4.69) is 12.1 Å². The zero-order valence-electron chi connectivity index (χ0n) is 17.3. The number of amides is 1. The van der Waals surface area contributed by atoms with E-state index < -0.39 is 29.7 Å². The van der Waals surface area contributed by atoms with Crippen LogP contribution in [0.2, 0.25) is 0 Å². The van der Waals surface area contributed by atoms with Crippen LogP contribution in [0, 0.1) is 11.7 Å². The topological polar surface area (TPSA) is 66.8 Å². The number of carbonyl (C=O) groups is 2. The second-order valence-corrected chi connectivity index (χ2v) is 8.28. The van der Waals surface area contributed by atoms with Gasteiger partial charge in [-0.3, -0.25) is 4.79 Å². The number of likely N-dealkylation sites (tertiary alicyclic amines) is 1. The number of carboxylic acid groups (broad SMARTS) is 1. The highest BCUT2D eigenvalue weighted by molar-refractivity contribution is 5.79. The maximum absolute atomic E-state index is 14.3. The molecule has 0 radical (unpaired) electrons. The third-order valence-corrected chi connectivity index (χ3v) is 6.54. The minimum atomic E-state index is -1.05. The lowest BCUT2D eigenvalue weighted by Gasteiger charge is -2.19. The second kappa shape index (κ2) is 8.11. The van der Waals surface area contributed by atoms with Crippen molar-refractivity contribution >= 4 is 12.1 Å². The lowest BCUT2D eigenvalue weighted by atomic mass is 9.89. The van der Waals surface area contributed by atoms with E-state index >= 15 is 0 Å². The van der Waals surface area contributed by atoms with E-state index in [0.717, 1.165) is 22.3 Å². The molecule has 5 rings (SSSR count). The van der Waals surface area contributed by atoms with Gasteiger partial charge in [0.2, 0.25) is 0 Å². The van der Waals surface area contributed by atoms with Gasteiger partial charge < -0.3 is 14.7 Å². The molecule has 0 saturated carbocycles. The monoisotopic (exact) mass is 431 g/mol. The summed E-state index contributed by atoms with van der Waals surface area (Å²) in [6.07, 6.45) is -0.572. The molecule has 3 aromatic rings. The summed E-state index contributed by atoms with van der Waals surface area (Å²) >= 11 is 0. The predicted octanol–water partition coefficient (Wildman–Crippen LogP) is 4.87. The Morgan fingerprint density at radius 1 is 0.875 bits per heavy atom. The molecule has 2 aliphatic rings. The van der Waals surface area contributed by atoms with Gasteiger partial charge in [0.25, 0.3) is 0 Å². The molecule has 0 aromatic heterocycles. The Bertz CT molecular complexity index is 1150. The fraction of sp³-hybridized carbons (Fsp3) is 0.231. The zero-order valence-corrected chi connectivity index (χ0v) is 17.3. The Hall–Kier alpha value is -3.67. The summed E-state index contributed by atoms with van der Waals surface area (Å²) in [5.74, 6) is -3.08. The normalized spacial score (nSPS) is 19.5. The summed E-state index contributed by atoms with van der Waals surface area (Å²) in [6.45, 7) is 0.255. The van der Waals surface area contributed by atoms with Crippen molar-refractivity contribution in [3.05, 3.63) is 95.3 Å². The molecule has 1 amide bonds. The van der Waals surface area contributed by atoms with Crippen LogP contribution in [0.1, 0.15) is 28.5 Å². The van der Waals surface area contributed by atoms with Crippen molar-refractivity contribution < 1.29 is 23.8 Å². The third kappa shape index (κ3) is 3.42. The van der Waals surface area contributed by atoms with Crippen LogP contribution in [0.15, 0.2) is 72.8 Å². The van der Waals surface area contributed by atoms with E-state index in [9.17, 15) is 19.1 Å². The molecule has 1 fully saturated rings. The van der Waals surface area contributed by atoms with Gasteiger partial charge in [0.1, 0.15) is 12.4 Å². The number of benzene rings is 3.